The monoisotopic (exact) mass is 469 g/mol. The van der Waals surface area contributed by atoms with Crippen LogP contribution in [0.3, 0.4) is 0 Å². The molecule has 10 heteroatoms. The maximum atomic E-state index is 11.9. The van der Waals surface area contributed by atoms with Crippen molar-refractivity contribution < 1.29 is 9.90 Å². The van der Waals surface area contributed by atoms with Crippen LogP contribution in [0.4, 0.5) is 15.9 Å². The molecule has 0 bridgehead atoms. The number of aliphatic hydroxyl groups is 1. The summed E-state index contributed by atoms with van der Waals surface area (Å²) < 4.78 is 0. The Kier molecular flexibility index (Phi) is 8.96. The summed E-state index contributed by atoms with van der Waals surface area (Å²) in [6.07, 6.45) is 2.40. The second-order valence-electron chi connectivity index (χ2n) is 7.66. The van der Waals surface area contributed by atoms with Crippen molar-refractivity contribution in [3.05, 3.63) is 42.1 Å². The van der Waals surface area contributed by atoms with Gasteiger partial charge in [0.15, 0.2) is 5.13 Å². The summed E-state index contributed by atoms with van der Waals surface area (Å²) in [5, 5.41) is 22.1. The zero-order valence-corrected chi connectivity index (χ0v) is 20.0. The lowest BCUT2D eigenvalue weighted by Crippen LogP contribution is -2.34. The van der Waals surface area contributed by atoms with Crippen molar-refractivity contribution in [2.24, 2.45) is 0 Å². The molecule has 0 aliphatic rings. The fraction of sp³-hybridized carbons (Fsp3) is 0.391. The molecule has 0 aliphatic carbocycles. The van der Waals surface area contributed by atoms with Crippen LogP contribution in [0.25, 0.3) is 21.8 Å². The van der Waals surface area contributed by atoms with Gasteiger partial charge in [-0.2, -0.15) is 0 Å². The Balaban J connectivity index is 1.96. The van der Waals surface area contributed by atoms with E-state index in [0.717, 1.165) is 32.5 Å². The van der Waals surface area contributed by atoms with Crippen LogP contribution in [0.15, 0.2) is 36.5 Å². The molecule has 2 aromatic heterocycles. The van der Waals surface area contributed by atoms with Gasteiger partial charge in [-0.15, -0.1) is 0 Å². The van der Waals surface area contributed by atoms with Gasteiger partial charge in [0.05, 0.1) is 16.3 Å². The number of hydrogen-bond donors (Lipinski definition) is 5. The molecular formula is C23H31N7O2S. The maximum absolute atomic E-state index is 11.9. The van der Waals surface area contributed by atoms with Crippen LogP contribution in [-0.2, 0) is 6.54 Å². The van der Waals surface area contributed by atoms with Gasteiger partial charge in [-0.1, -0.05) is 35.6 Å². The largest absolute Gasteiger partial charge is 0.396 e. The quantitative estimate of drug-likeness (QED) is 0.271. The number of rotatable bonds is 11. The summed E-state index contributed by atoms with van der Waals surface area (Å²) in [4.78, 5) is 26.7. The third kappa shape index (κ3) is 7.13. The van der Waals surface area contributed by atoms with Crippen molar-refractivity contribution in [1.82, 2.24) is 25.6 Å². The number of carbonyl (C=O) groups excluding carboxylic acids is 1. The molecule has 2 heterocycles. The molecule has 0 atom stereocenters. The Bertz CT molecular complexity index is 1050. The molecule has 33 heavy (non-hydrogen) atoms. The normalized spacial score (nSPS) is 10.8. The number of nitrogens with one attached hydrogen (secondary N) is 4. The van der Waals surface area contributed by atoms with Gasteiger partial charge in [-0.25, -0.2) is 19.7 Å². The Labute approximate surface area is 198 Å². The van der Waals surface area contributed by atoms with E-state index in [1.54, 1.807) is 0 Å². The first-order valence-electron chi connectivity index (χ1n) is 11.1. The standard InChI is InChI=1S/C23H31N7O2S/c1-4-24-22(32)26-13-16-8-5-6-9-17(16)18-12-19(30-21(29-18)25-10-7-11-31)20-14-27-23(33-20)28-15(2)3/h5-6,8-9,12,14-15,31H,4,7,10-11,13H2,1-3H3,(H,27,28)(H2,24,26,32)(H,25,29,30). The van der Waals surface area contributed by atoms with E-state index in [0.29, 0.717) is 32.0 Å². The van der Waals surface area contributed by atoms with E-state index in [9.17, 15) is 4.79 Å². The van der Waals surface area contributed by atoms with Crippen molar-refractivity contribution in [1.29, 1.82) is 0 Å². The van der Waals surface area contributed by atoms with Crippen molar-refractivity contribution in [3.8, 4) is 21.8 Å². The number of amides is 2. The number of benzene rings is 1. The summed E-state index contributed by atoms with van der Waals surface area (Å²) in [6.45, 7) is 7.60. The molecule has 0 unspecified atom stereocenters. The van der Waals surface area contributed by atoms with Crippen LogP contribution in [0, 0.1) is 0 Å². The van der Waals surface area contributed by atoms with E-state index in [2.05, 4.69) is 45.1 Å². The highest BCUT2D eigenvalue weighted by molar-refractivity contribution is 7.18. The van der Waals surface area contributed by atoms with Crippen LogP contribution < -0.4 is 21.3 Å². The number of urea groups is 1. The Morgan fingerprint density at radius 3 is 2.70 bits per heavy atom. The van der Waals surface area contributed by atoms with E-state index in [1.165, 1.54) is 11.3 Å². The lowest BCUT2D eigenvalue weighted by atomic mass is 10.0. The number of aromatic nitrogens is 3. The second kappa shape index (κ2) is 12.1. The Morgan fingerprint density at radius 2 is 1.94 bits per heavy atom. The second-order valence-corrected chi connectivity index (χ2v) is 8.70. The molecule has 0 saturated carbocycles. The average molecular weight is 470 g/mol. The van der Waals surface area contributed by atoms with Crippen LogP contribution in [-0.4, -0.2) is 51.8 Å². The first kappa shape index (κ1) is 24.4. The van der Waals surface area contributed by atoms with Gasteiger partial charge >= 0.3 is 6.03 Å². The summed E-state index contributed by atoms with van der Waals surface area (Å²) in [7, 11) is 0. The Hall–Kier alpha value is -3.24. The van der Waals surface area contributed by atoms with Gasteiger partial charge in [0, 0.05) is 44.0 Å². The predicted octanol–water partition coefficient (Wildman–Crippen LogP) is 3.70. The number of thiazole rings is 1. The lowest BCUT2D eigenvalue weighted by molar-refractivity contribution is 0.241. The molecule has 0 saturated heterocycles. The van der Waals surface area contributed by atoms with Crippen molar-refractivity contribution >= 4 is 28.4 Å². The third-order valence-electron chi connectivity index (χ3n) is 4.58. The van der Waals surface area contributed by atoms with Crippen molar-refractivity contribution in [2.45, 2.75) is 39.8 Å². The minimum Gasteiger partial charge on any atom is -0.396 e. The van der Waals surface area contributed by atoms with Crippen LogP contribution >= 0.6 is 11.3 Å². The van der Waals surface area contributed by atoms with E-state index in [-0.39, 0.29) is 18.7 Å². The minimum absolute atomic E-state index is 0.0902. The average Bonchev–Trinajstić information content (AvgIpc) is 3.26. The molecule has 176 valence electrons. The molecule has 0 fully saturated rings. The maximum Gasteiger partial charge on any atom is 0.315 e. The third-order valence-corrected chi connectivity index (χ3v) is 5.54. The number of nitrogens with zero attached hydrogens (tertiary/aromatic N) is 3. The van der Waals surface area contributed by atoms with Crippen LogP contribution in [0.2, 0.25) is 0 Å². The Morgan fingerprint density at radius 1 is 1.15 bits per heavy atom. The first-order valence-corrected chi connectivity index (χ1v) is 11.9. The van der Waals surface area contributed by atoms with Gasteiger partial charge in [-0.3, -0.25) is 0 Å². The number of anilines is 2. The number of carbonyl (C=O) groups is 1. The van der Waals surface area contributed by atoms with Crippen LogP contribution in [0.1, 0.15) is 32.8 Å². The molecule has 1 aromatic carbocycles. The van der Waals surface area contributed by atoms with Gasteiger partial charge < -0.3 is 26.4 Å². The van der Waals surface area contributed by atoms with Crippen LogP contribution in [0.5, 0.6) is 0 Å². The molecule has 2 amide bonds. The highest BCUT2D eigenvalue weighted by atomic mass is 32.1. The highest BCUT2D eigenvalue weighted by Crippen LogP contribution is 2.32. The fourth-order valence-electron chi connectivity index (χ4n) is 3.10. The van der Waals surface area contributed by atoms with E-state index >= 15 is 0 Å². The summed E-state index contributed by atoms with van der Waals surface area (Å²) >= 11 is 1.53. The topological polar surface area (TPSA) is 124 Å². The number of hydrogen-bond acceptors (Lipinski definition) is 8. The van der Waals surface area contributed by atoms with Crippen molar-refractivity contribution in [3.63, 3.8) is 0 Å². The van der Waals surface area contributed by atoms with Gasteiger partial charge in [0.25, 0.3) is 0 Å². The lowest BCUT2D eigenvalue weighted by Gasteiger charge is -2.13. The zero-order chi connectivity index (χ0) is 23.6. The molecule has 3 rings (SSSR count). The fourth-order valence-corrected chi connectivity index (χ4v) is 4.02. The van der Waals surface area contributed by atoms with Crippen molar-refractivity contribution in [2.75, 3.05) is 30.3 Å². The van der Waals surface area contributed by atoms with Gasteiger partial charge in [-0.05, 0) is 38.8 Å². The number of aliphatic hydroxyl groups excluding tert-OH is 1. The molecule has 3 aromatic rings. The van der Waals surface area contributed by atoms with E-state index in [4.69, 9.17) is 10.1 Å². The highest BCUT2D eigenvalue weighted by Gasteiger charge is 2.14. The molecule has 9 nitrogen and oxygen atoms in total. The van der Waals surface area contributed by atoms with Gasteiger partial charge in [0.1, 0.15) is 0 Å². The molecule has 0 radical (unpaired) electrons. The summed E-state index contributed by atoms with van der Waals surface area (Å²) in [5.74, 6) is 0.481. The smallest absolute Gasteiger partial charge is 0.315 e. The summed E-state index contributed by atoms with van der Waals surface area (Å²) in [6, 6.07) is 9.85. The zero-order valence-electron chi connectivity index (χ0n) is 19.2. The van der Waals surface area contributed by atoms with E-state index < -0.39 is 0 Å². The molecule has 5 N–H and O–H groups in total. The minimum atomic E-state index is -0.211. The molecular weight excluding hydrogens is 438 g/mol. The molecule has 0 aliphatic heterocycles. The van der Waals surface area contributed by atoms with Gasteiger partial charge in [0.2, 0.25) is 5.95 Å². The predicted molar refractivity (Wildman–Crippen MR) is 133 cm³/mol. The molecule has 0 spiro atoms. The first-order chi connectivity index (χ1) is 16.0. The SMILES string of the molecule is CCNC(=O)NCc1ccccc1-c1cc(-c2cnc(NC(C)C)s2)nc(NCCCO)n1. The summed E-state index contributed by atoms with van der Waals surface area (Å²) in [5.41, 5.74) is 3.35. The van der Waals surface area contributed by atoms with E-state index in [1.807, 2.05) is 43.5 Å².